The van der Waals surface area contributed by atoms with Crippen molar-refractivity contribution in [1.82, 2.24) is 14.8 Å². The predicted octanol–water partition coefficient (Wildman–Crippen LogP) is 2.57. The lowest BCUT2D eigenvalue weighted by atomic mass is 9.95. The number of likely N-dealkylation sites (tertiary alicyclic amines) is 1. The molecule has 6 nitrogen and oxygen atoms in total. The standard InChI is InChI=1S/C21H26FN3O3/c1-3-24-8-4-5-15(24)11-23-20(27)17-19(26)16-10-14(22)9-13-7-6-12(2)25(18(13)16)21(17)28/h9-10,12,15,26H,3-8,11H2,1-2H3,(H,23,27)/t12-,15+/m1/s1. The van der Waals surface area contributed by atoms with E-state index in [0.717, 1.165) is 25.9 Å². The number of aromatic hydroxyl groups is 1. The minimum atomic E-state index is -0.598. The van der Waals surface area contributed by atoms with Gasteiger partial charge in [0.1, 0.15) is 17.1 Å². The van der Waals surface area contributed by atoms with E-state index in [1.165, 1.54) is 16.7 Å². The Kier molecular flexibility index (Phi) is 4.87. The van der Waals surface area contributed by atoms with Gasteiger partial charge in [-0.1, -0.05) is 6.92 Å². The van der Waals surface area contributed by atoms with Crippen molar-refractivity contribution in [3.8, 4) is 5.75 Å². The molecule has 2 atom stereocenters. The van der Waals surface area contributed by atoms with Gasteiger partial charge < -0.3 is 15.0 Å². The van der Waals surface area contributed by atoms with Crippen LogP contribution in [0, 0.1) is 5.82 Å². The zero-order valence-corrected chi connectivity index (χ0v) is 16.3. The summed E-state index contributed by atoms with van der Waals surface area (Å²) < 4.78 is 15.6. The summed E-state index contributed by atoms with van der Waals surface area (Å²) in [6.07, 6.45) is 3.40. The summed E-state index contributed by atoms with van der Waals surface area (Å²) in [5.41, 5.74) is 0.421. The minimum absolute atomic E-state index is 0.120. The number of aromatic nitrogens is 1. The zero-order valence-electron chi connectivity index (χ0n) is 16.3. The Bertz CT molecular complexity index is 1000. The molecule has 2 aliphatic rings. The molecule has 0 saturated carbocycles. The number of carbonyl (C=O) groups excluding carboxylic acids is 1. The monoisotopic (exact) mass is 387 g/mol. The number of nitrogens with one attached hydrogen (secondary N) is 1. The maximum absolute atomic E-state index is 14.1. The number of amides is 1. The van der Waals surface area contributed by atoms with Gasteiger partial charge in [0, 0.05) is 24.0 Å². The highest BCUT2D eigenvalue weighted by molar-refractivity contribution is 6.03. The number of carbonyl (C=O) groups is 1. The van der Waals surface area contributed by atoms with Crippen molar-refractivity contribution >= 4 is 16.8 Å². The van der Waals surface area contributed by atoms with E-state index in [4.69, 9.17) is 0 Å². The summed E-state index contributed by atoms with van der Waals surface area (Å²) in [6.45, 7) is 6.33. The molecule has 0 unspecified atom stereocenters. The Morgan fingerprint density at radius 3 is 2.89 bits per heavy atom. The van der Waals surface area contributed by atoms with Gasteiger partial charge in [-0.25, -0.2) is 4.39 Å². The van der Waals surface area contributed by atoms with Crippen LogP contribution < -0.4 is 10.9 Å². The van der Waals surface area contributed by atoms with E-state index < -0.39 is 23.0 Å². The van der Waals surface area contributed by atoms with Gasteiger partial charge in [-0.15, -0.1) is 0 Å². The molecule has 1 aromatic carbocycles. The first-order valence-electron chi connectivity index (χ1n) is 10.0. The van der Waals surface area contributed by atoms with Crippen LogP contribution in [0.25, 0.3) is 10.9 Å². The number of halogens is 1. The minimum Gasteiger partial charge on any atom is -0.506 e. The Hall–Kier alpha value is -2.41. The first-order chi connectivity index (χ1) is 13.4. The molecule has 150 valence electrons. The third-order valence-electron chi connectivity index (χ3n) is 6.22. The van der Waals surface area contributed by atoms with Crippen molar-refractivity contribution in [1.29, 1.82) is 0 Å². The van der Waals surface area contributed by atoms with Crippen molar-refractivity contribution in [3.05, 3.63) is 39.4 Å². The molecule has 3 heterocycles. The highest BCUT2D eigenvalue weighted by Gasteiger charge is 2.29. The highest BCUT2D eigenvalue weighted by atomic mass is 19.1. The van der Waals surface area contributed by atoms with Crippen molar-refractivity contribution in [2.24, 2.45) is 0 Å². The molecular formula is C21H26FN3O3. The van der Waals surface area contributed by atoms with Gasteiger partial charge in [0.2, 0.25) is 0 Å². The van der Waals surface area contributed by atoms with Gasteiger partial charge >= 0.3 is 0 Å². The quantitative estimate of drug-likeness (QED) is 0.846. The molecule has 0 aliphatic carbocycles. The van der Waals surface area contributed by atoms with E-state index in [1.807, 2.05) is 6.92 Å². The number of benzene rings is 1. The lowest BCUT2D eigenvalue weighted by Gasteiger charge is -2.27. The van der Waals surface area contributed by atoms with Crippen LogP contribution in [-0.2, 0) is 6.42 Å². The summed E-state index contributed by atoms with van der Waals surface area (Å²) in [6, 6.07) is 2.73. The Morgan fingerprint density at radius 1 is 1.36 bits per heavy atom. The first-order valence-corrected chi connectivity index (χ1v) is 10.0. The largest absolute Gasteiger partial charge is 0.506 e. The van der Waals surface area contributed by atoms with Gasteiger partial charge in [0.15, 0.2) is 0 Å². The molecule has 1 aromatic heterocycles. The molecule has 0 bridgehead atoms. The molecule has 1 saturated heterocycles. The Morgan fingerprint density at radius 2 is 2.14 bits per heavy atom. The molecule has 28 heavy (non-hydrogen) atoms. The molecule has 2 aromatic rings. The van der Waals surface area contributed by atoms with Gasteiger partial charge in [-0.2, -0.15) is 0 Å². The molecule has 0 spiro atoms. The number of hydrogen-bond acceptors (Lipinski definition) is 4. The molecule has 2 aliphatic heterocycles. The van der Waals surface area contributed by atoms with E-state index in [0.29, 0.717) is 30.5 Å². The van der Waals surface area contributed by atoms with E-state index in [-0.39, 0.29) is 23.0 Å². The van der Waals surface area contributed by atoms with Gasteiger partial charge in [0.05, 0.1) is 5.52 Å². The predicted molar refractivity (Wildman–Crippen MR) is 105 cm³/mol. The van der Waals surface area contributed by atoms with Crippen LogP contribution in [0.3, 0.4) is 0 Å². The number of likely N-dealkylation sites (N-methyl/N-ethyl adjacent to an activating group) is 1. The Balaban J connectivity index is 1.75. The lowest BCUT2D eigenvalue weighted by Crippen LogP contribution is -2.42. The molecule has 4 rings (SSSR count). The van der Waals surface area contributed by atoms with E-state index in [2.05, 4.69) is 17.1 Å². The SMILES string of the molecule is CCN1CCC[C@H]1CNC(=O)c1c(O)c2cc(F)cc3c2n(c1=O)[C@H](C)CC3. The zero-order chi connectivity index (χ0) is 20.0. The summed E-state index contributed by atoms with van der Waals surface area (Å²) in [4.78, 5) is 28.3. The molecular weight excluding hydrogens is 361 g/mol. The van der Waals surface area contributed by atoms with Crippen LogP contribution in [0.4, 0.5) is 4.39 Å². The topological polar surface area (TPSA) is 74.6 Å². The number of pyridine rings is 1. The fourth-order valence-corrected chi connectivity index (χ4v) is 4.73. The molecule has 0 radical (unpaired) electrons. The third kappa shape index (κ3) is 2.98. The summed E-state index contributed by atoms with van der Waals surface area (Å²) in [5.74, 6) is -1.50. The summed E-state index contributed by atoms with van der Waals surface area (Å²) >= 11 is 0. The van der Waals surface area contributed by atoms with Crippen LogP contribution in [-0.4, -0.2) is 46.2 Å². The maximum atomic E-state index is 14.1. The second-order valence-electron chi connectivity index (χ2n) is 7.88. The molecule has 7 heteroatoms. The second-order valence-corrected chi connectivity index (χ2v) is 7.88. The van der Waals surface area contributed by atoms with Crippen LogP contribution in [0.15, 0.2) is 16.9 Å². The average molecular weight is 387 g/mol. The summed E-state index contributed by atoms with van der Waals surface area (Å²) in [5, 5.41) is 13.8. The molecule has 2 N–H and O–H groups in total. The van der Waals surface area contributed by atoms with Crippen molar-refractivity contribution in [2.45, 2.75) is 51.6 Å². The van der Waals surface area contributed by atoms with Gasteiger partial charge in [-0.3, -0.25) is 14.5 Å². The van der Waals surface area contributed by atoms with E-state index in [9.17, 15) is 19.1 Å². The fraction of sp³-hybridized carbons (Fsp3) is 0.524. The fourth-order valence-electron chi connectivity index (χ4n) is 4.73. The number of nitrogens with zero attached hydrogens (tertiary/aromatic N) is 2. The van der Waals surface area contributed by atoms with Crippen molar-refractivity contribution in [3.63, 3.8) is 0 Å². The van der Waals surface area contributed by atoms with Crippen molar-refractivity contribution < 1.29 is 14.3 Å². The molecule has 1 fully saturated rings. The van der Waals surface area contributed by atoms with Gasteiger partial charge in [-0.05, 0) is 63.4 Å². The average Bonchev–Trinajstić information content (AvgIpc) is 3.12. The number of rotatable bonds is 4. The van der Waals surface area contributed by atoms with Crippen LogP contribution in [0.1, 0.15) is 55.1 Å². The van der Waals surface area contributed by atoms with Crippen LogP contribution >= 0.6 is 0 Å². The molecule has 1 amide bonds. The van der Waals surface area contributed by atoms with Gasteiger partial charge in [0.25, 0.3) is 11.5 Å². The van der Waals surface area contributed by atoms with Crippen LogP contribution in [0.5, 0.6) is 5.75 Å². The smallest absolute Gasteiger partial charge is 0.267 e. The number of hydrogen-bond donors (Lipinski definition) is 2. The Labute approximate surface area is 163 Å². The summed E-state index contributed by atoms with van der Waals surface area (Å²) in [7, 11) is 0. The lowest BCUT2D eigenvalue weighted by molar-refractivity contribution is 0.0936. The second kappa shape index (κ2) is 7.20. The normalized spacial score (nSPS) is 22.0. The first kappa shape index (κ1) is 18.9. The van der Waals surface area contributed by atoms with Crippen LogP contribution in [0.2, 0.25) is 0 Å². The maximum Gasteiger partial charge on any atom is 0.267 e. The number of aryl methyl sites for hydroxylation is 1. The van der Waals surface area contributed by atoms with Crippen molar-refractivity contribution in [2.75, 3.05) is 19.6 Å². The van der Waals surface area contributed by atoms with E-state index >= 15 is 0 Å². The highest BCUT2D eigenvalue weighted by Crippen LogP contribution is 2.35. The van der Waals surface area contributed by atoms with E-state index in [1.54, 1.807) is 0 Å². The third-order valence-corrected chi connectivity index (χ3v) is 6.22.